The first kappa shape index (κ1) is 12.4. The van der Waals surface area contributed by atoms with Crippen LogP contribution in [-0.2, 0) is 12.8 Å². The van der Waals surface area contributed by atoms with Crippen molar-refractivity contribution in [1.29, 1.82) is 0 Å². The van der Waals surface area contributed by atoms with Gasteiger partial charge in [-0.05, 0) is 24.1 Å². The van der Waals surface area contributed by atoms with Gasteiger partial charge < -0.3 is 5.73 Å². The lowest BCUT2D eigenvalue weighted by Crippen LogP contribution is -2.05. The minimum Gasteiger partial charge on any atom is -0.330 e. The molecule has 3 rings (SSSR count). The number of rotatable bonds is 4. The van der Waals surface area contributed by atoms with Crippen LogP contribution in [0.5, 0.6) is 0 Å². The van der Waals surface area contributed by atoms with Crippen LogP contribution in [0.15, 0.2) is 35.8 Å². The summed E-state index contributed by atoms with van der Waals surface area (Å²) in [6, 6.07) is 8.76. The number of aryl methyl sites for hydroxylation is 1. The summed E-state index contributed by atoms with van der Waals surface area (Å²) < 4.78 is 2.22. The third-order valence-corrected chi connectivity index (χ3v) is 4.22. The Bertz CT molecular complexity index is 679. The third-order valence-electron chi connectivity index (χ3n) is 3.38. The Labute approximate surface area is 116 Å². The van der Waals surface area contributed by atoms with Crippen molar-refractivity contribution >= 4 is 16.3 Å². The van der Waals surface area contributed by atoms with Gasteiger partial charge in [0, 0.05) is 17.5 Å². The molecule has 0 saturated carbocycles. The first-order chi connectivity index (χ1) is 9.33. The van der Waals surface area contributed by atoms with Crippen LogP contribution in [0.4, 0.5) is 0 Å². The van der Waals surface area contributed by atoms with E-state index in [0.717, 1.165) is 17.8 Å². The first-order valence-corrected chi connectivity index (χ1v) is 7.44. The first-order valence-electron chi connectivity index (χ1n) is 6.56. The topological polar surface area (TPSA) is 43.3 Å². The van der Waals surface area contributed by atoms with Crippen LogP contribution >= 0.6 is 11.3 Å². The summed E-state index contributed by atoms with van der Waals surface area (Å²) in [7, 11) is 0. The van der Waals surface area contributed by atoms with Crippen LogP contribution in [0.25, 0.3) is 16.2 Å². The minimum atomic E-state index is 0.651. The molecule has 0 unspecified atom stereocenters. The molecule has 0 bridgehead atoms. The predicted octanol–water partition coefficient (Wildman–Crippen LogP) is 3.13. The Morgan fingerprint density at radius 3 is 2.74 bits per heavy atom. The van der Waals surface area contributed by atoms with Gasteiger partial charge >= 0.3 is 0 Å². The van der Waals surface area contributed by atoms with Crippen molar-refractivity contribution in [2.75, 3.05) is 6.54 Å². The number of benzene rings is 1. The fraction of sp³-hybridized carbons (Fsp3) is 0.267. The number of hydrogen-bond acceptors (Lipinski definition) is 3. The van der Waals surface area contributed by atoms with Crippen LogP contribution in [0.1, 0.15) is 18.2 Å². The van der Waals surface area contributed by atoms with Gasteiger partial charge in [0.1, 0.15) is 0 Å². The molecule has 2 N–H and O–H groups in total. The molecular weight excluding hydrogens is 254 g/mol. The molecule has 98 valence electrons. The van der Waals surface area contributed by atoms with E-state index in [-0.39, 0.29) is 0 Å². The molecule has 3 nitrogen and oxygen atoms in total. The Hall–Kier alpha value is -1.65. The predicted molar refractivity (Wildman–Crippen MR) is 80.6 cm³/mol. The monoisotopic (exact) mass is 271 g/mol. The van der Waals surface area contributed by atoms with E-state index in [2.05, 4.69) is 46.0 Å². The lowest BCUT2D eigenvalue weighted by Gasteiger charge is -2.04. The zero-order valence-corrected chi connectivity index (χ0v) is 11.8. The Kier molecular flexibility index (Phi) is 3.36. The van der Waals surface area contributed by atoms with E-state index in [1.807, 2.05) is 6.20 Å². The second kappa shape index (κ2) is 5.15. The number of aromatic nitrogens is 2. The molecule has 0 amide bonds. The summed E-state index contributed by atoms with van der Waals surface area (Å²) in [5.74, 6) is 0. The molecule has 1 aromatic carbocycles. The van der Waals surface area contributed by atoms with E-state index in [1.54, 1.807) is 11.3 Å². The van der Waals surface area contributed by atoms with Gasteiger partial charge in [0.2, 0.25) is 0 Å². The Balaban J connectivity index is 2.10. The zero-order chi connectivity index (χ0) is 13.2. The summed E-state index contributed by atoms with van der Waals surface area (Å²) in [6.45, 7) is 2.82. The van der Waals surface area contributed by atoms with Gasteiger partial charge in [0.25, 0.3) is 0 Å². The summed E-state index contributed by atoms with van der Waals surface area (Å²) >= 11 is 1.68. The fourth-order valence-electron chi connectivity index (χ4n) is 2.30. The van der Waals surface area contributed by atoms with Crippen LogP contribution < -0.4 is 5.73 Å². The second-order valence-corrected chi connectivity index (χ2v) is 5.41. The molecule has 19 heavy (non-hydrogen) atoms. The van der Waals surface area contributed by atoms with E-state index >= 15 is 0 Å². The molecule has 4 heteroatoms. The van der Waals surface area contributed by atoms with Gasteiger partial charge in [-0.15, -0.1) is 11.3 Å². The van der Waals surface area contributed by atoms with E-state index in [4.69, 9.17) is 5.73 Å². The van der Waals surface area contributed by atoms with Gasteiger partial charge in [-0.2, -0.15) is 0 Å². The second-order valence-electron chi connectivity index (χ2n) is 4.58. The van der Waals surface area contributed by atoms with Crippen LogP contribution in [0, 0.1) is 0 Å². The molecule has 0 spiro atoms. The number of thiazole rings is 1. The Morgan fingerprint density at radius 2 is 2.05 bits per heavy atom. The lowest BCUT2D eigenvalue weighted by atomic mass is 10.1. The minimum absolute atomic E-state index is 0.651. The SMILES string of the molecule is CCc1ccc(-c2csc3ncc(CCN)n23)cc1. The highest BCUT2D eigenvalue weighted by Gasteiger charge is 2.11. The quantitative estimate of drug-likeness (QED) is 0.792. The maximum absolute atomic E-state index is 5.67. The molecular formula is C15H17N3S. The smallest absolute Gasteiger partial charge is 0.194 e. The summed E-state index contributed by atoms with van der Waals surface area (Å²) in [5.41, 5.74) is 10.7. The van der Waals surface area contributed by atoms with Gasteiger partial charge in [-0.1, -0.05) is 31.2 Å². The van der Waals surface area contributed by atoms with E-state index in [1.165, 1.54) is 22.5 Å². The lowest BCUT2D eigenvalue weighted by molar-refractivity contribution is 0.911. The van der Waals surface area contributed by atoms with Crippen molar-refractivity contribution in [3.05, 3.63) is 47.1 Å². The van der Waals surface area contributed by atoms with E-state index in [0.29, 0.717) is 6.54 Å². The molecule has 0 saturated heterocycles. The maximum Gasteiger partial charge on any atom is 0.194 e. The largest absolute Gasteiger partial charge is 0.330 e. The van der Waals surface area contributed by atoms with Crippen molar-refractivity contribution in [3.8, 4) is 11.3 Å². The molecule has 0 radical (unpaired) electrons. The number of nitrogens with two attached hydrogens (primary N) is 1. The summed E-state index contributed by atoms with van der Waals surface area (Å²) in [4.78, 5) is 5.48. The molecule has 0 atom stereocenters. The molecule has 3 aromatic rings. The molecule has 2 heterocycles. The standard InChI is InChI=1S/C15H17N3S/c1-2-11-3-5-12(6-4-11)14-10-19-15-17-9-13(7-8-16)18(14)15/h3-6,9-10H,2,7-8,16H2,1H3. The molecule has 2 aromatic heterocycles. The number of imidazole rings is 1. The number of fused-ring (bicyclic) bond motifs is 1. The highest BCUT2D eigenvalue weighted by molar-refractivity contribution is 7.15. The van der Waals surface area contributed by atoms with E-state index in [9.17, 15) is 0 Å². The average Bonchev–Trinajstić information content (AvgIpc) is 3.02. The Morgan fingerprint density at radius 1 is 1.26 bits per heavy atom. The van der Waals surface area contributed by atoms with Crippen LogP contribution in [-0.4, -0.2) is 15.9 Å². The number of nitrogens with zero attached hydrogens (tertiary/aromatic N) is 2. The molecule has 0 fully saturated rings. The fourth-order valence-corrected chi connectivity index (χ4v) is 3.20. The van der Waals surface area contributed by atoms with Crippen LogP contribution in [0.3, 0.4) is 0 Å². The average molecular weight is 271 g/mol. The molecule has 0 aliphatic carbocycles. The van der Waals surface area contributed by atoms with Crippen molar-refractivity contribution in [2.24, 2.45) is 5.73 Å². The van der Waals surface area contributed by atoms with Crippen molar-refractivity contribution < 1.29 is 0 Å². The summed E-state index contributed by atoms with van der Waals surface area (Å²) in [6.07, 6.45) is 3.86. The van der Waals surface area contributed by atoms with E-state index < -0.39 is 0 Å². The highest BCUT2D eigenvalue weighted by atomic mass is 32.1. The van der Waals surface area contributed by atoms with Crippen LogP contribution in [0.2, 0.25) is 0 Å². The summed E-state index contributed by atoms with van der Waals surface area (Å²) in [5, 5.41) is 2.17. The molecule has 0 aliphatic heterocycles. The normalized spacial score (nSPS) is 11.3. The third kappa shape index (κ3) is 2.17. The van der Waals surface area contributed by atoms with Gasteiger partial charge in [0.05, 0.1) is 11.9 Å². The highest BCUT2D eigenvalue weighted by Crippen LogP contribution is 2.27. The van der Waals surface area contributed by atoms with Gasteiger partial charge in [0.15, 0.2) is 4.96 Å². The van der Waals surface area contributed by atoms with Gasteiger partial charge in [-0.3, -0.25) is 4.40 Å². The molecule has 0 aliphatic rings. The maximum atomic E-state index is 5.67. The van der Waals surface area contributed by atoms with Crippen molar-refractivity contribution in [1.82, 2.24) is 9.38 Å². The van der Waals surface area contributed by atoms with Gasteiger partial charge in [-0.25, -0.2) is 4.98 Å². The zero-order valence-electron chi connectivity index (χ0n) is 11.0. The van der Waals surface area contributed by atoms with Crippen molar-refractivity contribution in [2.45, 2.75) is 19.8 Å². The van der Waals surface area contributed by atoms with Crippen molar-refractivity contribution in [3.63, 3.8) is 0 Å². The number of hydrogen-bond donors (Lipinski definition) is 1.